The smallest absolute Gasteiger partial charge is 0.221 e. The van der Waals surface area contributed by atoms with E-state index in [1.807, 2.05) is 66.7 Å². The molecule has 4 aromatic carbocycles. The van der Waals surface area contributed by atoms with Crippen LogP contribution in [0.25, 0.3) is 10.9 Å². The number of nitrogens with zero attached hydrogens (tertiary/aromatic N) is 1. The number of para-hydroxylation sites is 2. The molecule has 1 amide bonds. The maximum Gasteiger partial charge on any atom is 0.221 e. The summed E-state index contributed by atoms with van der Waals surface area (Å²) in [5.41, 5.74) is 4.49. The van der Waals surface area contributed by atoms with Crippen LogP contribution in [0.1, 0.15) is 34.8 Å². The predicted molar refractivity (Wildman–Crippen MR) is 157 cm³/mol. The summed E-state index contributed by atoms with van der Waals surface area (Å²) < 4.78 is 13.8. The van der Waals surface area contributed by atoms with Gasteiger partial charge in [0.2, 0.25) is 5.91 Å². The van der Waals surface area contributed by atoms with Crippen LogP contribution in [0.15, 0.2) is 138 Å². The van der Waals surface area contributed by atoms with Gasteiger partial charge in [0, 0.05) is 36.0 Å². The second kappa shape index (κ2) is 11.8. The Balaban J connectivity index is 1.37. The summed E-state index contributed by atoms with van der Waals surface area (Å²) in [4.78, 5) is 13.3. The van der Waals surface area contributed by atoms with E-state index in [-0.39, 0.29) is 18.2 Å². The van der Waals surface area contributed by atoms with Gasteiger partial charge in [0.25, 0.3) is 0 Å². The largest absolute Gasteiger partial charge is 0.467 e. The maximum atomic E-state index is 13.3. The van der Waals surface area contributed by atoms with Crippen LogP contribution in [0.4, 0.5) is 0 Å². The number of amides is 1. The molecule has 0 aliphatic carbocycles. The van der Waals surface area contributed by atoms with Crippen molar-refractivity contribution < 1.29 is 13.9 Å². The van der Waals surface area contributed by atoms with Crippen LogP contribution in [0.5, 0.6) is 11.5 Å². The Bertz CT molecular complexity index is 1690. The van der Waals surface area contributed by atoms with Gasteiger partial charge in [-0.05, 0) is 59.2 Å². The molecule has 0 bridgehead atoms. The zero-order valence-corrected chi connectivity index (χ0v) is 22.1. The number of aromatic nitrogens is 1. The molecular formula is C35H30N2O3. The molecule has 1 N–H and O–H groups in total. The van der Waals surface area contributed by atoms with Crippen molar-refractivity contribution in [3.63, 3.8) is 0 Å². The van der Waals surface area contributed by atoms with E-state index in [2.05, 4.69) is 70.7 Å². The van der Waals surface area contributed by atoms with Crippen LogP contribution in [-0.4, -0.2) is 10.5 Å². The van der Waals surface area contributed by atoms with E-state index < -0.39 is 0 Å². The molecule has 6 rings (SSSR count). The fourth-order valence-corrected chi connectivity index (χ4v) is 5.15. The Labute approximate surface area is 233 Å². The SMILES string of the molecule is O=C(C[C@@H](c1cccc(Oc2ccccc2)c1)c1cn(Cc2ccccc2)c2ccccc12)NCc1ccco1. The highest BCUT2D eigenvalue weighted by Crippen LogP contribution is 2.37. The molecule has 6 aromatic rings. The van der Waals surface area contributed by atoms with Gasteiger partial charge in [0.05, 0.1) is 12.8 Å². The number of hydrogen-bond donors (Lipinski definition) is 1. The lowest BCUT2D eigenvalue weighted by molar-refractivity contribution is -0.121. The Morgan fingerprint density at radius 2 is 1.55 bits per heavy atom. The fraction of sp³-hybridized carbons (Fsp3) is 0.114. The first-order valence-corrected chi connectivity index (χ1v) is 13.5. The Morgan fingerprint density at radius 1 is 0.800 bits per heavy atom. The quantitative estimate of drug-likeness (QED) is 0.197. The van der Waals surface area contributed by atoms with Gasteiger partial charge >= 0.3 is 0 Å². The molecule has 0 saturated carbocycles. The van der Waals surface area contributed by atoms with Crippen molar-refractivity contribution in [1.82, 2.24) is 9.88 Å². The second-order valence-electron chi connectivity index (χ2n) is 9.82. The Hall–Kier alpha value is -5.03. The number of rotatable bonds is 10. The zero-order valence-electron chi connectivity index (χ0n) is 22.1. The van der Waals surface area contributed by atoms with Gasteiger partial charge in [-0.2, -0.15) is 0 Å². The molecule has 2 heterocycles. The van der Waals surface area contributed by atoms with Crippen molar-refractivity contribution in [2.45, 2.75) is 25.4 Å². The van der Waals surface area contributed by atoms with E-state index in [1.54, 1.807) is 6.26 Å². The van der Waals surface area contributed by atoms with Gasteiger partial charge in [0.15, 0.2) is 0 Å². The average molecular weight is 527 g/mol. The van der Waals surface area contributed by atoms with Crippen LogP contribution in [0.2, 0.25) is 0 Å². The molecule has 0 radical (unpaired) electrons. The highest BCUT2D eigenvalue weighted by molar-refractivity contribution is 5.87. The minimum absolute atomic E-state index is 0.0457. The van der Waals surface area contributed by atoms with E-state index >= 15 is 0 Å². The summed E-state index contributed by atoms with van der Waals surface area (Å²) in [5.74, 6) is 2.00. The monoisotopic (exact) mass is 526 g/mol. The lowest BCUT2D eigenvalue weighted by atomic mass is 9.88. The third-order valence-electron chi connectivity index (χ3n) is 7.06. The van der Waals surface area contributed by atoms with Gasteiger partial charge < -0.3 is 19.0 Å². The van der Waals surface area contributed by atoms with Crippen LogP contribution in [0.3, 0.4) is 0 Å². The van der Waals surface area contributed by atoms with E-state index in [4.69, 9.17) is 9.15 Å². The predicted octanol–water partition coefficient (Wildman–Crippen LogP) is 7.91. The minimum Gasteiger partial charge on any atom is -0.467 e. The van der Waals surface area contributed by atoms with E-state index in [9.17, 15) is 4.79 Å². The van der Waals surface area contributed by atoms with Crippen LogP contribution in [0, 0.1) is 0 Å². The lowest BCUT2D eigenvalue weighted by Gasteiger charge is -2.18. The highest BCUT2D eigenvalue weighted by atomic mass is 16.5. The van der Waals surface area contributed by atoms with Crippen LogP contribution in [-0.2, 0) is 17.9 Å². The Kier molecular flexibility index (Phi) is 7.44. The van der Waals surface area contributed by atoms with Crippen molar-refractivity contribution in [3.8, 4) is 11.5 Å². The first kappa shape index (κ1) is 25.3. The fourth-order valence-electron chi connectivity index (χ4n) is 5.15. The van der Waals surface area contributed by atoms with Gasteiger partial charge in [-0.15, -0.1) is 0 Å². The minimum atomic E-state index is -0.183. The van der Waals surface area contributed by atoms with Crippen LogP contribution >= 0.6 is 0 Å². The summed E-state index contributed by atoms with van der Waals surface area (Å²) >= 11 is 0. The Morgan fingerprint density at radius 3 is 2.35 bits per heavy atom. The number of benzene rings is 4. The molecule has 2 aromatic heterocycles. The van der Waals surface area contributed by atoms with E-state index in [1.165, 1.54) is 5.56 Å². The molecule has 0 spiro atoms. The normalized spacial score (nSPS) is 11.8. The highest BCUT2D eigenvalue weighted by Gasteiger charge is 2.23. The maximum absolute atomic E-state index is 13.3. The molecule has 0 fully saturated rings. The molecule has 0 aliphatic rings. The van der Waals surface area contributed by atoms with Crippen molar-refractivity contribution in [2.75, 3.05) is 0 Å². The molecule has 1 atom stereocenters. The standard InChI is InChI=1S/C35H30N2O3/c38-35(36-23-30-17-10-20-39-30)22-32(27-13-9-16-29(21-27)40-28-14-5-2-6-15-28)33-25-37(24-26-11-3-1-4-12-26)34-19-8-7-18-31(33)34/h1-21,25,32H,22-24H2,(H,36,38)/t32-/m0/s1. The van der Waals surface area contributed by atoms with Crippen molar-refractivity contribution >= 4 is 16.8 Å². The third kappa shape index (κ3) is 5.84. The third-order valence-corrected chi connectivity index (χ3v) is 7.06. The van der Waals surface area contributed by atoms with E-state index in [0.29, 0.717) is 6.54 Å². The van der Waals surface area contributed by atoms with Gasteiger partial charge in [0.1, 0.15) is 17.3 Å². The second-order valence-corrected chi connectivity index (χ2v) is 9.82. The van der Waals surface area contributed by atoms with Crippen molar-refractivity contribution in [1.29, 1.82) is 0 Å². The number of carbonyl (C=O) groups is 1. The van der Waals surface area contributed by atoms with Gasteiger partial charge in [-0.25, -0.2) is 0 Å². The average Bonchev–Trinajstić information content (AvgIpc) is 3.65. The molecule has 0 saturated heterocycles. The molecule has 198 valence electrons. The van der Waals surface area contributed by atoms with Gasteiger partial charge in [-0.3, -0.25) is 4.79 Å². The number of ether oxygens (including phenoxy) is 1. The van der Waals surface area contributed by atoms with Gasteiger partial charge in [-0.1, -0.05) is 78.9 Å². The number of furan rings is 1. The molecule has 5 nitrogen and oxygen atoms in total. The zero-order chi connectivity index (χ0) is 27.1. The number of nitrogens with one attached hydrogen (secondary N) is 1. The summed E-state index contributed by atoms with van der Waals surface area (Å²) in [6, 6.07) is 40.3. The number of fused-ring (bicyclic) bond motifs is 1. The van der Waals surface area contributed by atoms with Crippen molar-refractivity contribution in [2.24, 2.45) is 0 Å². The number of hydrogen-bond acceptors (Lipinski definition) is 3. The summed E-state index contributed by atoms with van der Waals surface area (Å²) in [5, 5.41) is 4.17. The first-order chi connectivity index (χ1) is 19.7. The summed E-state index contributed by atoms with van der Waals surface area (Å²) in [6.45, 7) is 1.10. The van der Waals surface area contributed by atoms with Crippen LogP contribution < -0.4 is 10.1 Å². The summed E-state index contributed by atoms with van der Waals surface area (Å²) in [6.07, 6.45) is 4.10. The molecule has 40 heavy (non-hydrogen) atoms. The summed E-state index contributed by atoms with van der Waals surface area (Å²) in [7, 11) is 0. The molecule has 5 heteroatoms. The van der Waals surface area contributed by atoms with Crippen molar-refractivity contribution in [3.05, 3.63) is 156 Å². The molecule has 0 unspecified atom stereocenters. The molecule has 0 aliphatic heterocycles. The van der Waals surface area contributed by atoms with E-state index in [0.717, 1.165) is 45.8 Å². The topological polar surface area (TPSA) is 56.4 Å². The number of carbonyl (C=O) groups excluding carboxylic acids is 1. The lowest BCUT2D eigenvalue weighted by Crippen LogP contribution is -2.24. The molecular weight excluding hydrogens is 496 g/mol. The first-order valence-electron chi connectivity index (χ1n) is 13.5.